The Morgan fingerprint density at radius 2 is 1.86 bits per heavy atom. The molecule has 6 nitrogen and oxygen atoms in total. The smallest absolute Gasteiger partial charge is 0.266 e. The zero-order chi connectivity index (χ0) is 21.0. The van der Waals surface area contributed by atoms with Gasteiger partial charge in [0, 0.05) is 29.2 Å². The molecule has 2 aromatic carbocycles. The number of anilines is 1. The minimum absolute atomic E-state index is 0.0396. The van der Waals surface area contributed by atoms with Crippen LogP contribution in [0.1, 0.15) is 22.3 Å². The predicted octanol–water partition coefficient (Wildman–Crippen LogP) is 2.93. The van der Waals surface area contributed by atoms with Gasteiger partial charge in [0.2, 0.25) is 5.91 Å². The number of thiocarbonyl (C=S) groups is 1. The highest BCUT2D eigenvalue weighted by Gasteiger charge is 2.32. The van der Waals surface area contributed by atoms with Crippen molar-refractivity contribution in [2.75, 3.05) is 11.9 Å². The Labute approximate surface area is 181 Å². The summed E-state index contributed by atoms with van der Waals surface area (Å²) in [5.41, 5.74) is 0.842. The summed E-state index contributed by atoms with van der Waals surface area (Å²) in [6.07, 6.45) is 1.67. The largest absolute Gasteiger partial charge is 0.545 e. The van der Waals surface area contributed by atoms with Gasteiger partial charge >= 0.3 is 0 Å². The van der Waals surface area contributed by atoms with Crippen LogP contribution in [0.3, 0.4) is 0 Å². The first kappa shape index (κ1) is 21.0. The molecule has 1 N–H and O–H groups in total. The molecule has 0 bridgehead atoms. The van der Waals surface area contributed by atoms with E-state index in [-0.39, 0.29) is 30.1 Å². The van der Waals surface area contributed by atoms with Crippen LogP contribution in [0.2, 0.25) is 5.02 Å². The molecule has 0 atom stereocenters. The molecule has 0 saturated carbocycles. The summed E-state index contributed by atoms with van der Waals surface area (Å²) in [5.74, 6) is -2.10. The van der Waals surface area contributed by atoms with Crippen molar-refractivity contribution >= 4 is 69.4 Å². The number of nitrogens with zero attached hydrogens (tertiary/aromatic N) is 1. The number of halogens is 1. The summed E-state index contributed by atoms with van der Waals surface area (Å²) in [5, 5.41) is 14.2. The summed E-state index contributed by atoms with van der Waals surface area (Å²) < 4.78 is 0.359. The van der Waals surface area contributed by atoms with Gasteiger partial charge in [0.25, 0.3) is 5.91 Å². The molecule has 1 fully saturated rings. The van der Waals surface area contributed by atoms with E-state index in [9.17, 15) is 19.5 Å². The van der Waals surface area contributed by atoms with Crippen molar-refractivity contribution < 1.29 is 19.5 Å². The number of carboxylic acid groups (broad SMARTS) is 1. The van der Waals surface area contributed by atoms with E-state index in [1.54, 1.807) is 36.4 Å². The molecule has 2 aromatic rings. The van der Waals surface area contributed by atoms with Gasteiger partial charge in [0.05, 0.1) is 10.9 Å². The van der Waals surface area contributed by atoms with E-state index in [2.05, 4.69) is 5.32 Å². The quantitative estimate of drug-likeness (QED) is 0.543. The third-order valence-electron chi connectivity index (χ3n) is 4.02. The van der Waals surface area contributed by atoms with Gasteiger partial charge < -0.3 is 15.2 Å². The Morgan fingerprint density at radius 1 is 1.17 bits per heavy atom. The van der Waals surface area contributed by atoms with Crippen molar-refractivity contribution in [3.05, 3.63) is 69.6 Å². The molecule has 0 spiro atoms. The highest BCUT2D eigenvalue weighted by atomic mass is 35.5. The van der Waals surface area contributed by atoms with Crippen LogP contribution in [0.4, 0.5) is 5.69 Å². The Kier molecular flexibility index (Phi) is 6.68. The summed E-state index contributed by atoms with van der Waals surface area (Å²) in [4.78, 5) is 37.8. The fourth-order valence-electron chi connectivity index (χ4n) is 2.60. The van der Waals surface area contributed by atoms with Crippen LogP contribution >= 0.6 is 35.6 Å². The number of aromatic carboxylic acids is 1. The summed E-state index contributed by atoms with van der Waals surface area (Å²) in [6.45, 7) is 0.0853. The number of carboxylic acids is 1. The number of nitrogens with one attached hydrogen (secondary N) is 1. The average molecular weight is 446 g/mol. The lowest BCUT2D eigenvalue weighted by molar-refractivity contribution is -0.254. The third-order valence-corrected chi connectivity index (χ3v) is 5.65. The van der Waals surface area contributed by atoms with Gasteiger partial charge in [0.1, 0.15) is 4.32 Å². The second kappa shape index (κ2) is 9.21. The summed E-state index contributed by atoms with van der Waals surface area (Å²) in [7, 11) is 0. The van der Waals surface area contributed by atoms with Gasteiger partial charge in [-0.15, -0.1) is 0 Å². The Hall–Kier alpha value is -2.68. The van der Waals surface area contributed by atoms with Crippen LogP contribution in [0.15, 0.2) is 53.4 Å². The van der Waals surface area contributed by atoms with E-state index in [1.807, 2.05) is 0 Å². The molecule has 148 valence electrons. The van der Waals surface area contributed by atoms with Crippen molar-refractivity contribution in [1.29, 1.82) is 0 Å². The fraction of sp³-hybridized carbons (Fsp3) is 0.100. The molecular weight excluding hydrogens is 432 g/mol. The number of benzene rings is 2. The first-order valence-electron chi connectivity index (χ1n) is 8.46. The predicted molar refractivity (Wildman–Crippen MR) is 115 cm³/mol. The molecule has 0 radical (unpaired) electrons. The first-order chi connectivity index (χ1) is 13.8. The lowest BCUT2D eigenvalue weighted by Crippen LogP contribution is -2.32. The van der Waals surface area contributed by atoms with Crippen LogP contribution in [0.5, 0.6) is 0 Å². The van der Waals surface area contributed by atoms with Crippen molar-refractivity contribution in [1.82, 2.24) is 4.90 Å². The van der Waals surface area contributed by atoms with Gasteiger partial charge in [-0.1, -0.05) is 65.9 Å². The maximum atomic E-state index is 12.6. The maximum Gasteiger partial charge on any atom is 0.266 e. The third kappa shape index (κ3) is 5.23. The molecule has 0 aromatic heterocycles. The SMILES string of the molecule is O=C(CCN1C(=O)C(=Cc2ccc(Cl)cc2)SC1=S)Nc1ccccc1C(=O)[O-]. The number of hydrogen-bond donors (Lipinski definition) is 1. The molecular formula is C20H14ClN2O4S2-. The number of amides is 2. The molecule has 2 amide bonds. The lowest BCUT2D eigenvalue weighted by atomic mass is 10.1. The fourth-order valence-corrected chi connectivity index (χ4v) is 4.03. The summed E-state index contributed by atoms with van der Waals surface area (Å²) >= 11 is 12.3. The number of carbonyl (C=O) groups excluding carboxylic acids is 3. The Morgan fingerprint density at radius 3 is 2.55 bits per heavy atom. The molecule has 9 heteroatoms. The molecule has 29 heavy (non-hydrogen) atoms. The zero-order valence-electron chi connectivity index (χ0n) is 14.9. The van der Waals surface area contributed by atoms with Crippen LogP contribution in [-0.4, -0.2) is 33.5 Å². The van der Waals surface area contributed by atoms with E-state index in [1.165, 1.54) is 23.1 Å². The highest BCUT2D eigenvalue weighted by Crippen LogP contribution is 2.32. The normalized spacial score (nSPS) is 15.1. The average Bonchev–Trinajstić information content (AvgIpc) is 2.95. The monoisotopic (exact) mass is 445 g/mol. The molecule has 1 saturated heterocycles. The van der Waals surface area contributed by atoms with Crippen molar-refractivity contribution in [2.24, 2.45) is 0 Å². The van der Waals surface area contributed by atoms with E-state index in [4.69, 9.17) is 23.8 Å². The number of hydrogen-bond acceptors (Lipinski definition) is 6. The number of para-hydroxylation sites is 1. The van der Waals surface area contributed by atoms with Crippen molar-refractivity contribution in [2.45, 2.75) is 6.42 Å². The number of rotatable bonds is 6. The molecule has 1 aliphatic heterocycles. The number of carbonyl (C=O) groups is 3. The molecule has 1 heterocycles. The van der Waals surface area contributed by atoms with Crippen molar-refractivity contribution in [3.63, 3.8) is 0 Å². The van der Waals surface area contributed by atoms with Gasteiger partial charge in [0.15, 0.2) is 0 Å². The van der Waals surface area contributed by atoms with E-state index < -0.39 is 11.9 Å². The van der Waals surface area contributed by atoms with E-state index in [0.717, 1.165) is 17.3 Å². The minimum atomic E-state index is -1.38. The molecule has 0 unspecified atom stereocenters. The van der Waals surface area contributed by atoms with Gasteiger partial charge in [-0.3, -0.25) is 14.5 Å². The maximum absolute atomic E-state index is 12.6. The zero-order valence-corrected chi connectivity index (χ0v) is 17.3. The lowest BCUT2D eigenvalue weighted by Gasteiger charge is -2.15. The van der Waals surface area contributed by atoms with E-state index >= 15 is 0 Å². The second-order valence-corrected chi connectivity index (χ2v) is 8.13. The van der Waals surface area contributed by atoms with Gasteiger partial charge in [-0.25, -0.2) is 0 Å². The standard InChI is InChI=1S/C20H15ClN2O4S2/c21-13-7-5-12(6-8-13)11-16-18(25)23(20(28)29-16)10-9-17(24)22-15-4-2-1-3-14(15)19(26)27/h1-8,11H,9-10H2,(H,22,24)(H,26,27)/p-1. The van der Waals surface area contributed by atoms with Crippen LogP contribution < -0.4 is 10.4 Å². The van der Waals surface area contributed by atoms with Crippen LogP contribution in [0.25, 0.3) is 6.08 Å². The van der Waals surface area contributed by atoms with E-state index in [0.29, 0.717) is 14.2 Å². The second-order valence-electron chi connectivity index (χ2n) is 6.02. The molecule has 3 rings (SSSR count). The minimum Gasteiger partial charge on any atom is -0.545 e. The molecule has 1 aliphatic rings. The van der Waals surface area contributed by atoms with Crippen LogP contribution in [0, 0.1) is 0 Å². The summed E-state index contributed by atoms with van der Waals surface area (Å²) in [6, 6.07) is 13.0. The highest BCUT2D eigenvalue weighted by molar-refractivity contribution is 8.26. The first-order valence-corrected chi connectivity index (χ1v) is 10.1. The van der Waals surface area contributed by atoms with Crippen molar-refractivity contribution in [3.8, 4) is 0 Å². The molecule has 0 aliphatic carbocycles. The van der Waals surface area contributed by atoms with Gasteiger partial charge in [-0.2, -0.15) is 0 Å². The Balaban J connectivity index is 1.63. The topological polar surface area (TPSA) is 89.5 Å². The van der Waals surface area contributed by atoms with Crippen LogP contribution in [-0.2, 0) is 9.59 Å². The number of thioether (sulfide) groups is 1. The Bertz CT molecular complexity index is 1020. The van der Waals surface area contributed by atoms with Gasteiger partial charge in [-0.05, 0) is 29.8 Å².